The molecule has 3 nitrogen and oxygen atoms in total. The summed E-state index contributed by atoms with van der Waals surface area (Å²) >= 11 is 3.49. The number of aromatic nitrogens is 1. The summed E-state index contributed by atoms with van der Waals surface area (Å²) in [6.07, 6.45) is 3.09. The van der Waals surface area contributed by atoms with Crippen LogP contribution < -0.4 is 5.73 Å². The van der Waals surface area contributed by atoms with Crippen LogP contribution in [0.5, 0.6) is 0 Å². The molecule has 3 aromatic rings. The first-order valence-electron chi connectivity index (χ1n) is 9.34. The number of rotatable bonds is 7. The summed E-state index contributed by atoms with van der Waals surface area (Å²) in [6.45, 7) is 4.93. The molecule has 0 fully saturated rings. The molecule has 0 bridgehead atoms. The van der Waals surface area contributed by atoms with Gasteiger partial charge < -0.3 is 10.3 Å². The van der Waals surface area contributed by atoms with E-state index in [1.807, 2.05) is 49.4 Å². The fourth-order valence-electron chi connectivity index (χ4n) is 3.61. The van der Waals surface area contributed by atoms with Gasteiger partial charge in [0, 0.05) is 28.0 Å². The van der Waals surface area contributed by atoms with Gasteiger partial charge in [-0.3, -0.25) is 4.79 Å². The van der Waals surface area contributed by atoms with E-state index in [1.165, 1.54) is 11.3 Å². The molecule has 140 valence electrons. The zero-order valence-electron chi connectivity index (χ0n) is 15.8. The average molecular weight is 425 g/mol. The summed E-state index contributed by atoms with van der Waals surface area (Å²) in [7, 11) is 0. The number of carbonyl (C=O) groups excluding carboxylic acids is 1. The van der Waals surface area contributed by atoms with Gasteiger partial charge in [-0.15, -0.1) is 0 Å². The summed E-state index contributed by atoms with van der Waals surface area (Å²) in [5.74, 6) is -0.366. The molecule has 3 rings (SSSR count). The topological polar surface area (TPSA) is 48.0 Å². The maximum absolute atomic E-state index is 12.4. The average Bonchev–Trinajstić information content (AvgIpc) is 2.93. The summed E-state index contributed by atoms with van der Waals surface area (Å²) in [5, 5.41) is 0. The lowest BCUT2D eigenvalue weighted by atomic mass is 9.97. The van der Waals surface area contributed by atoms with Gasteiger partial charge in [0.15, 0.2) is 0 Å². The number of unbranched alkanes of at least 4 members (excludes halogenated alkanes) is 1. The first-order valence-corrected chi connectivity index (χ1v) is 10.1. The van der Waals surface area contributed by atoms with E-state index in [2.05, 4.69) is 39.6 Å². The molecule has 0 unspecified atom stereocenters. The molecule has 0 saturated heterocycles. The Morgan fingerprint density at radius 1 is 1.07 bits per heavy atom. The second-order valence-corrected chi connectivity index (χ2v) is 7.74. The van der Waals surface area contributed by atoms with Crippen molar-refractivity contribution in [3.63, 3.8) is 0 Å². The lowest BCUT2D eigenvalue weighted by molar-refractivity contribution is 0.1000. The second kappa shape index (κ2) is 8.57. The lowest BCUT2D eigenvalue weighted by Gasteiger charge is -2.13. The van der Waals surface area contributed by atoms with Crippen molar-refractivity contribution >= 4 is 21.8 Å². The van der Waals surface area contributed by atoms with E-state index in [0.29, 0.717) is 5.56 Å². The normalized spacial score (nSPS) is 10.9. The molecule has 0 spiro atoms. The van der Waals surface area contributed by atoms with Gasteiger partial charge in [0.2, 0.25) is 0 Å². The van der Waals surface area contributed by atoms with Crippen molar-refractivity contribution in [3.8, 4) is 11.1 Å². The Morgan fingerprint density at radius 3 is 2.33 bits per heavy atom. The van der Waals surface area contributed by atoms with E-state index in [0.717, 1.165) is 47.1 Å². The van der Waals surface area contributed by atoms with Crippen LogP contribution in [0.3, 0.4) is 0 Å². The molecule has 0 aliphatic rings. The Balaban J connectivity index is 2.21. The Bertz CT molecular complexity index is 927. The van der Waals surface area contributed by atoms with Crippen LogP contribution in [-0.2, 0) is 13.0 Å². The number of carbonyl (C=O) groups is 1. The lowest BCUT2D eigenvalue weighted by Crippen LogP contribution is -2.13. The maximum Gasteiger partial charge on any atom is 0.251 e. The highest BCUT2D eigenvalue weighted by Crippen LogP contribution is 2.35. The van der Waals surface area contributed by atoms with Crippen LogP contribution in [0.25, 0.3) is 11.1 Å². The molecule has 0 radical (unpaired) electrons. The first kappa shape index (κ1) is 19.4. The molecule has 2 aromatic carbocycles. The van der Waals surface area contributed by atoms with Gasteiger partial charge in [0.05, 0.1) is 5.56 Å². The Labute approximate surface area is 169 Å². The van der Waals surface area contributed by atoms with Crippen LogP contribution in [0.1, 0.15) is 47.1 Å². The highest BCUT2D eigenvalue weighted by Gasteiger charge is 2.24. The van der Waals surface area contributed by atoms with Crippen LogP contribution in [0.15, 0.2) is 59.1 Å². The van der Waals surface area contributed by atoms with E-state index in [9.17, 15) is 4.79 Å². The second-order valence-electron chi connectivity index (χ2n) is 6.83. The van der Waals surface area contributed by atoms with Crippen LogP contribution in [0, 0.1) is 6.92 Å². The van der Waals surface area contributed by atoms with Gasteiger partial charge in [-0.1, -0.05) is 71.7 Å². The summed E-state index contributed by atoms with van der Waals surface area (Å²) in [5.41, 5.74) is 11.8. The van der Waals surface area contributed by atoms with Gasteiger partial charge in [-0.05, 0) is 43.0 Å². The number of nitrogens with two attached hydrogens (primary N) is 1. The molecular weight excluding hydrogens is 400 g/mol. The largest absolute Gasteiger partial charge is 0.366 e. The number of hydrogen-bond donors (Lipinski definition) is 1. The van der Waals surface area contributed by atoms with Gasteiger partial charge >= 0.3 is 0 Å². The third-order valence-electron chi connectivity index (χ3n) is 4.96. The van der Waals surface area contributed by atoms with Crippen molar-refractivity contribution in [1.82, 2.24) is 4.57 Å². The van der Waals surface area contributed by atoms with E-state index in [-0.39, 0.29) is 5.91 Å². The molecular formula is C23H25BrN2O. The predicted octanol–water partition coefficient (Wildman–Crippen LogP) is 5.72. The molecule has 2 N–H and O–H groups in total. The number of hydrogen-bond acceptors (Lipinski definition) is 1. The Kier molecular flexibility index (Phi) is 6.17. The molecule has 0 saturated carbocycles. The summed E-state index contributed by atoms with van der Waals surface area (Å²) in [6, 6.07) is 18.5. The van der Waals surface area contributed by atoms with Crippen LogP contribution in [0.2, 0.25) is 0 Å². The molecule has 1 heterocycles. The number of nitrogens with zero attached hydrogens (tertiary/aromatic N) is 1. The predicted molar refractivity (Wildman–Crippen MR) is 115 cm³/mol. The van der Waals surface area contributed by atoms with Crippen molar-refractivity contribution in [2.45, 2.75) is 39.7 Å². The van der Waals surface area contributed by atoms with Crippen molar-refractivity contribution < 1.29 is 4.79 Å². The molecule has 1 aromatic heterocycles. The van der Waals surface area contributed by atoms with Gasteiger partial charge in [0.25, 0.3) is 5.91 Å². The van der Waals surface area contributed by atoms with Gasteiger partial charge in [0.1, 0.15) is 0 Å². The Morgan fingerprint density at radius 2 is 1.74 bits per heavy atom. The molecule has 0 aliphatic heterocycles. The van der Waals surface area contributed by atoms with E-state index >= 15 is 0 Å². The van der Waals surface area contributed by atoms with Gasteiger partial charge in [-0.25, -0.2) is 0 Å². The number of benzene rings is 2. The van der Waals surface area contributed by atoms with Crippen molar-refractivity contribution in [3.05, 3.63) is 81.6 Å². The molecule has 0 aliphatic carbocycles. The van der Waals surface area contributed by atoms with E-state index < -0.39 is 0 Å². The zero-order valence-corrected chi connectivity index (χ0v) is 17.4. The van der Waals surface area contributed by atoms with E-state index in [1.54, 1.807) is 0 Å². The quantitative estimate of drug-likeness (QED) is 0.518. The minimum Gasteiger partial charge on any atom is -0.366 e. The van der Waals surface area contributed by atoms with Crippen molar-refractivity contribution in [2.75, 3.05) is 0 Å². The third-order valence-corrected chi connectivity index (χ3v) is 5.49. The minimum absolute atomic E-state index is 0.366. The fourth-order valence-corrected chi connectivity index (χ4v) is 3.88. The van der Waals surface area contributed by atoms with Crippen LogP contribution in [0.4, 0.5) is 0 Å². The van der Waals surface area contributed by atoms with E-state index in [4.69, 9.17) is 5.73 Å². The smallest absolute Gasteiger partial charge is 0.251 e. The van der Waals surface area contributed by atoms with Crippen LogP contribution in [-0.4, -0.2) is 10.5 Å². The SMILES string of the molecule is CCCCc1c(-c2ccc(Br)cc2)c(C(N)=O)c(C)n1Cc1ccccc1. The molecule has 1 amide bonds. The standard InChI is InChI=1S/C23H25BrN2O/c1-3-4-10-20-22(18-11-13-19(24)14-12-18)21(23(25)27)16(2)26(20)15-17-8-6-5-7-9-17/h5-9,11-14H,3-4,10,15H2,1-2H3,(H2,25,27). The first-order chi connectivity index (χ1) is 13.0. The van der Waals surface area contributed by atoms with Crippen molar-refractivity contribution in [2.24, 2.45) is 5.73 Å². The number of halogens is 1. The molecule has 4 heteroatoms. The van der Waals surface area contributed by atoms with Gasteiger partial charge in [-0.2, -0.15) is 0 Å². The summed E-state index contributed by atoms with van der Waals surface area (Å²) in [4.78, 5) is 12.4. The van der Waals surface area contributed by atoms with Crippen molar-refractivity contribution in [1.29, 1.82) is 0 Å². The number of amides is 1. The monoisotopic (exact) mass is 424 g/mol. The molecule has 0 atom stereocenters. The highest BCUT2D eigenvalue weighted by atomic mass is 79.9. The third kappa shape index (κ3) is 4.16. The van der Waals surface area contributed by atoms with Crippen LogP contribution >= 0.6 is 15.9 Å². The maximum atomic E-state index is 12.4. The Hall–Kier alpha value is -2.33. The highest BCUT2D eigenvalue weighted by molar-refractivity contribution is 9.10. The minimum atomic E-state index is -0.366. The summed E-state index contributed by atoms with van der Waals surface area (Å²) < 4.78 is 3.28. The zero-order chi connectivity index (χ0) is 19.4. The molecule has 27 heavy (non-hydrogen) atoms. The fraction of sp³-hybridized carbons (Fsp3) is 0.261. The number of primary amides is 1.